The van der Waals surface area contributed by atoms with E-state index in [0.717, 1.165) is 50.9 Å². The molecule has 0 aliphatic carbocycles. The molecular weight excluding hydrogens is 268 g/mol. The van der Waals surface area contributed by atoms with Gasteiger partial charge in [0, 0.05) is 45.7 Å². The third-order valence-corrected chi connectivity index (χ3v) is 4.78. The van der Waals surface area contributed by atoms with Crippen molar-refractivity contribution in [2.24, 2.45) is 18.9 Å². The first-order valence-corrected chi connectivity index (χ1v) is 7.81. The zero-order valence-electron chi connectivity index (χ0n) is 12.6. The number of piperidine rings is 1. The highest BCUT2D eigenvalue weighted by Crippen LogP contribution is 2.30. The lowest BCUT2D eigenvalue weighted by Gasteiger charge is -2.34. The van der Waals surface area contributed by atoms with Gasteiger partial charge in [-0.3, -0.25) is 0 Å². The van der Waals surface area contributed by atoms with Crippen LogP contribution in [-0.4, -0.2) is 46.8 Å². The molecule has 0 radical (unpaired) electrons. The average molecular weight is 292 g/mol. The zero-order valence-corrected chi connectivity index (χ0v) is 12.6. The Morgan fingerprint density at radius 3 is 2.81 bits per heavy atom. The van der Waals surface area contributed by atoms with Gasteiger partial charge in [-0.05, 0) is 31.1 Å². The molecule has 2 amide bonds. The summed E-state index contributed by atoms with van der Waals surface area (Å²) in [5.74, 6) is 2.32. The van der Waals surface area contributed by atoms with E-state index in [0.29, 0.717) is 12.5 Å². The van der Waals surface area contributed by atoms with E-state index in [1.807, 2.05) is 22.7 Å². The number of aryl methyl sites for hydroxylation is 1. The average Bonchev–Trinajstić information content (AvgIpc) is 3.17. The van der Waals surface area contributed by atoms with Gasteiger partial charge in [-0.15, -0.1) is 0 Å². The van der Waals surface area contributed by atoms with Gasteiger partial charge in [0.05, 0.1) is 6.54 Å². The standard InChI is InChI=1S/C15H24N4O2/c1-18-8-5-16-14(18)10-17-15(20)19-6-2-12(3-7-19)13-4-9-21-11-13/h5,8,12-13H,2-4,6-7,9-11H2,1H3,(H,17,20). The van der Waals surface area contributed by atoms with Gasteiger partial charge in [0.1, 0.15) is 5.82 Å². The number of rotatable bonds is 3. The molecule has 1 aromatic rings. The largest absolute Gasteiger partial charge is 0.381 e. The predicted octanol–water partition coefficient (Wildman–Crippen LogP) is 1.38. The van der Waals surface area contributed by atoms with Gasteiger partial charge in [-0.1, -0.05) is 0 Å². The topological polar surface area (TPSA) is 59.4 Å². The van der Waals surface area contributed by atoms with Crippen LogP contribution in [0, 0.1) is 11.8 Å². The number of urea groups is 1. The number of ether oxygens (including phenoxy) is 1. The Balaban J connectivity index is 1.43. The molecule has 3 heterocycles. The maximum Gasteiger partial charge on any atom is 0.317 e. The molecule has 1 aromatic heterocycles. The van der Waals surface area contributed by atoms with Crippen molar-refractivity contribution in [2.75, 3.05) is 26.3 Å². The molecule has 0 spiro atoms. The summed E-state index contributed by atoms with van der Waals surface area (Å²) < 4.78 is 7.40. The number of carbonyl (C=O) groups excluding carboxylic acids is 1. The van der Waals surface area contributed by atoms with E-state index in [4.69, 9.17) is 4.74 Å². The van der Waals surface area contributed by atoms with Crippen LogP contribution in [0.15, 0.2) is 12.4 Å². The van der Waals surface area contributed by atoms with E-state index in [2.05, 4.69) is 10.3 Å². The molecule has 6 heteroatoms. The fourth-order valence-electron chi connectivity index (χ4n) is 3.33. The van der Waals surface area contributed by atoms with Crippen LogP contribution in [0.25, 0.3) is 0 Å². The second-order valence-corrected chi connectivity index (χ2v) is 6.06. The molecule has 1 N–H and O–H groups in total. The minimum absolute atomic E-state index is 0.0270. The van der Waals surface area contributed by atoms with E-state index < -0.39 is 0 Å². The molecule has 0 bridgehead atoms. The molecule has 3 rings (SSSR count). The van der Waals surface area contributed by atoms with Crippen molar-refractivity contribution in [3.63, 3.8) is 0 Å². The first kappa shape index (κ1) is 14.4. The number of hydrogen-bond donors (Lipinski definition) is 1. The normalized spacial score (nSPS) is 23.5. The number of aromatic nitrogens is 2. The zero-order chi connectivity index (χ0) is 14.7. The molecule has 2 saturated heterocycles. The van der Waals surface area contributed by atoms with Crippen molar-refractivity contribution < 1.29 is 9.53 Å². The Hall–Kier alpha value is -1.56. The molecule has 0 aromatic carbocycles. The van der Waals surface area contributed by atoms with Crippen molar-refractivity contribution in [2.45, 2.75) is 25.8 Å². The minimum atomic E-state index is 0.0270. The van der Waals surface area contributed by atoms with Crippen molar-refractivity contribution in [1.29, 1.82) is 0 Å². The molecule has 2 aliphatic rings. The lowest BCUT2D eigenvalue weighted by atomic mass is 9.84. The quantitative estimate of drug-likeness (QED) is 0.915. The van der Waals surface area contributed by atoms with E-state index >= 15 is 0 Å². The van der Waals surface area contributed by atoms with Crippen LogP contribution in [0.4, 0.5) is 4.79 Å². The maximum atomic E-state index is 12.2. The first-order chi connectivity index (χ1) is 10.2. The molecular formula is C15H24N4O2. The molecule has 0 saturated carbocycles. The van der Waals surface area contributed by atoms with Crippen molar-refractivity contribution in [3.05, 3.63) is 18.2 Å². The second kappa shape index (κ2) is 6.47. The summed E-state index contributed by atoms with van der Waals surface area (Å²) in [7, 11) is 1.93. The minimum Gasteiger partial charge on any atom is -0.381 e. The SMILES string of the molecule is Cn1ccnc1CNC(=O)N1CCC(C2CCOC2)CC1. The molecule has 6 nitrogen and oxygen atoms in total. The number of nitrogens with zero attached hydrogens (tertiary/aromatic N) is 3. The molecule has 2 fully saturated rings. The number of likely N-dealkylation sites (tertiary alicyclic amines) is 1. The van der Waals surface area contributed by atoms with Gasteiger partial charge < -0.3 is 19.5 Å². The van der Waals surface area contributed by atoms with E-state index in [1.54, 1.807) is 6.20 Å². The lowest BCUT2D eigenvalue weighted by Crippen LogP contribution is -2.45. The maximum absolute atomic E-state index is 12.2. The van der Waals surface area contributed by atoms with Crippen molar-refractivity contribution in [3.8, 4) is 0 Å². The number of amides is 2. The smallest absolute Gasteiger partial charge is 0.317 e. The predicted molar refractivity (Wildman–Crippen MR) is 78.7 cm³/mol. The Kier molecular flexibility index (Phi) is 4.43. The van der Waals surface area contributed by atoms with Crippen LogP contribution in [0.2, 0.25) is 0 Å². The fourth-order valence-corrected chi connectivity index (χ4v) is 3.33. The van der Waals surface area contributed by atoms with Crippen LogP contribution in [0.5, 0.6) is 0 Å². The van der Waals surface area contributed by atoms with Gasteiger partial charge >= 0.3 is 6.03 Å². The van der Waals surface area contributed by atoms with E-state index in [9.17, 15) is 4.79 Å². The van der Waals surface area contributed by atoms with E-state index in [-0.39, 0.29) is 6.03 Å². The fraction of sp³-hybridized carbons (Fsp3) is 0.733. The molecule has 1 unspecified atom stereocenters. The lowest BCUT2D eigenvalue weighted by molar-refractivity contribution is 0.131. The summed E-state index contributed by atoms with van der Waals surface area (Å²) in [4.78, 5) is 18.3. The Morgan fingerprint density at radius 2 is 2.19 bits per heavy atom. The van der Waals surface area contributed by atoms with Gasteiger partial charge in [0.15, 0.2) is 0 Å². The van der Waals surface area contributed by atoms with Gasteiger partial charge in [0.2, 0.25) is 0 Å². The van der Waals surface area contributed by atoms with Gasteiger partial charge in [-0.2, -0.15) is 0 Å². The summed E-state index contributed by atoms with van der Waals surface area (Å²) in [6, 6.07) is 0.0270. The van der Waals surface area contributed by atoms with Crippen molar-refractivity contribution in [1.82, 2.24) is 19.8 Å². The van der Waals surface area contributed by atoms with Crippen LogP contribution in [-0.2, 0) is 18.3 Å². The summed E-state index contributed by atoms with van der Waals surface area (Å²) in [6.07, 6.45) is 7.02. The number of imidazole rings is 1. The number of nitrogens with one attached hydrogen (secondary N) is 1. The Morgan fingerprint density at radius 1 is 1.38 bits per heavy atom. The molecule has 21 heavy (non-hydrogen) atoms. The van der Waals surface area contributed by atoms with E-state index in [1.165, 1.54) is 6.42 Å². The molecule has 116 valence electrons. The van der Waals surface area contributed by atoms with Gasteiger partial charge in [-0.25, -0.2) is 9.78 Å². The summed E-state index contributed by atoms with van der Waals surface area (Å²) in [5.41, 5.74) is 0. The highest BCUT2D eigenvalue weighted by Gasteiger charge is 2.30. The Labute approximate surface area is 125 Å². The van der Waals surface area contributed by atoms with Crippen LogP contribution >= 0.6 is 0 Å². The number of hydrogen-bond acceptors (Lipinski definition) is 3. The number of carbonyl (C=O) groups is 1. The molecule has 1 atom stereocenters. The van der Waals surface area contributed by atoms with Gasteiger partial charge in [0.25, 0.3) is 0 Å². The monoisotopic (exact) mass is 292 g/mol. The third kappa shape index (κ3) is 3.37. The Bertz CT molecular complexity index is 474. The van der Waals surface area contributed by atoms with Crippen molar-refractivity contribution >= 4 is 6.03 Å². The van der Waals surface area contributed by atoms with Crippen LogP contribution in [0.3, 0.4) is 0 Å². The highest BCUT2D eigenvalue weighted by atomic mass is 16.5. The van der Waals surface area contributed by atoms with Crippen LogP contribution in [0.1, 0.15) is 25.1 Å². The van der Waals surface area contributed by atoms with Crippen LogP contribution < -0.4 is 5.32 Å². The summed E-state index contributed by atoms with van der Waals surface area (Å²) >= 11 is 0. The second-order valence-electron chi connectivity index (χ2n) is 6.06. The molecule has 2 aliphatic heterocycles. The first-order valence-electron chi connectivity index (χ1n) is 7.81. The third-order valence-electron chi connectivity index (χ3n) is 4.78. The summed E-state index contributed by atoms with van der Waals surface area (Å²) in [5, 5.41) is 2.96. The summed E-state index contributed by atoms with van der Waals surface area (Å²) in [6.45, 7) is 4.02. The highest BCUT2D eigenvalue weighted by molar-refractivity contribution is 5.74.